The van der Waals surface area contributed by atoms with Crippen LogP contribution >= 0.6 is 0 Å². The molecule has 1 aromatic rings. The molecule has 0 spiro atoms. The molecule has 1 aliphatic rings. The lowest BCUT2D eigenvalue weighted by molar-refractivity contribution is -0.385. The monoisotopic (exact) mass is 368 g/mol. The molecule has 1 N–H and O–H groups in total. The lowest BCUT2D eigenvalue weighted by atomic mass is 10.1. The van der Waals surface area contributed by atoms with E-state index in [0.29, 0.717) is 19.2 Å². The van der Waals surface area contributed by atoms with Gasteiger partial charge >= 0.3 is 5.69 Å². The van der Waals surface area contributed by atoms with Crippen molar-refractivity contribution >= 4 is 11.6 Å². The average molecular weight is 368 g/mol. The minimum Gasteiger partial charge on any atom is -0.385 e. The highest BCUT2D eigenvalue weighted by molar-refractivity contribution is 5.79. The van der Waals surface area contributed by atoms with Crippen LogP contribution in [0.5, 0.6) is 0 Å². The number of piperidine rings is 1. The van der Waals surface area contributed by atoms with Gasteiger partial charge in [0.15, 0.2) is 5.96 Å². The van der Waals surface area contributed by atoms with Crippen LogP contribution in [0.1, 0.15) is 19.3 Å². The van der Waals surface area contributed by atoms with Gasteiger partial charge in [0, 0.05) is 47.0 Å². The zero-order chi connectivity index (χ0) is 18.8. The van der Waals surface area contributed by atoms with Crippen LogP contribution in [-0.4, -0.2) is 78.7 Å². The fourth-order valence-corrected chi connectivity index (χ4v) is 2.87. The molecule has 1 aromatic heterocycles. The molecule has 2 rings (SSSR count). The fourth-order valence-electron chi connectivity index (χ4n) is 2.87. The molecule has 0 amide bonds. The fraction of sp³-hybridized carbons (Fsp3) is 0.750. The van der Waals surface area contributed by atoms with Crippen molar-refractivity contribution in [2.45, 2.75) is 31.9 Å². The summed E-state index contributed by atoms with van der Waals surface area (Å²) in [6, 6.07) is 0. The predicted octanol–water partition coefficient (Wildman–Crippen LogP) is 0.884. The lowest BCUT2D eigenvalue weighted by Crippen LogP contribution is -2.47. The summed E-state index contributed by atoms with van der Waals surface area (Å²) in [5.41, 5.74) is 0.00181. The summed E-state index contributed by atoms with van der Waals surface area (Å²) in [5, 5.41) is 17.9. The first-order chi connectivity index (χ1) is 12.6. The molecule has 0 aliphatic carbocycles. The zero-order valence-electron chi connectivity index (χ0n) is 15.5. The first-order valence-electron chi connectivity index (χ1n) is 8.87. The van der Waals surface area contributed by atoms with Crippen molar-refractivity contribution < 1.29 is 14.4 Å². The van der Waals surface area contributed by atoms with Gasteiger partial charge in [0.2, 0.25) is 0 Å². The number of nitrogens with zero attached hydrogens (tertiary/aromatic N) is 5. The van der Waals surface area contributed by atoms with Crippen LogP contribution in [0.3, 0.4) is 0 Å². The zero-order valence-corrected chi connectivity index (χ0v) is 15.5. The van der Waals surface area contributed by atoms with Gasteiger partial charge in [-0.2, -0.15) is 5.10 Å². The van der Waals surface area contributed by atoms with Crippen LogP contribution in [0.4, 0.5) is 5.69 Å². The second-order valence-corrected chi connectivity index (χ2v) is 6.10. The van der Waals surface area contributed by atoms with Crippen molar-refractivity contribution in [2.75, 3.05) is 47.0 Å². The molecule has 1 fully saturated rings. The largest absolute Gasteiger partial charge is 0.385 e. The first kappa shape index (κ1) is 20.1. The number of rotatable bonds is 9. The van der Waals surface area contributed by atoms with E-state index in [1.54, 1.807) is 18.8 Å². The molecule has 0 atom stereocenters. The van der Waals surface area contributed by atoms with Gasteiger partial charge in [-0.25, -0.2) is 0 Å². The minimum absolute atomic E-state index is 0.00181. The highest BCUT2D eigenvalue weighted by Gasteiger charge is 2.21. The van der Waals surface area contributed by atoms with E-state index in [1.165, 1.54) is 12.4 Å². The van der Waals surface area contributed by atoms with Gasteiger partial charge in [0.25, 0.3) is 0 Å². The maximum atomic E-state index is 10.7. The highest BCUT2D eigenvalue weighted by Crippen LogP contribution is 2.14. The van der Waals surface area contributed by atoms with Crippen LogP contribution < -0.4 is 5.32 Å². The van der Waals surface area contributed by atoms with Gasteiger partial charge in [-0.05, 0) is 19.3 Å². The Morgan fingerprint density at radius 1 is 1.46 bits per heavy atom. The van der Waals surface area contributed by atoms with Crippen molar-refractivity contribution in [1.29, 1.82) is 0 Å². The Morgan fingerprint density at radius 2 is 2.23 bits per heavy atom. The molecule has 10 nitrogen and oxygen atoms in total. The van der Waals surface area contributed by atoms with E-state index in [-0.39, 0.29) is 5.69 Å². The lowest BCUT2D eigenvalue weighted by Gasteiger charge is -2.34. The van der Waals surface area contributed by atoms with Gasteiger partial charge in [-0.15, -0.1) is 0 Å². The molecule has 1 aliphatic heterocycles. The molecule has 0 saturated carbocycles. The summed E-state index contributed by atoms with van der Waals surface area (Å²) < 4.78 is 12.5. The summed E-state index contributed by atoms with van der Waals surface area (Å²) in [5.74, 6) is 0.837. The predicted molar refractivity (Wildman–Crippen MR) is 97.3 cm³/mol. The topological polar surface area (TPSA) is 107 Å². The van der Waals surface area contributed by atoms with Gasteiger partial charge in [0.1, 0.15) is 12.4 Å². The molecule has 0 unspecified atom stereocenters. The Hall–Kier alpha value is -2.20. The molecular weight excluding hydrogens is 340 g/mol. The van der Waals surface area contributed by atoms with Crippen molar-refractivity contribution in [1.82, 2.24) is 20.0 Å². The molecule has 0 radical (unpaired) electrons. The Kier molecular flexibility index (Phi) is 8.29. The third-order valence-corrected chi connectivity index (χ3v) is 4.25. The number of aromatic nitrogens is 2. The maximum Gasteiger partial charge on any atom is 0.306 e. The standard InChI is InChI=1S/C16H28N6O4/c1-17-16(18-6-9-21-13-14(12-19-21)22(23)24)20-7-4-15(5-8-20)26-11-3-10-25-2/h12-13,15H,3-11H2,1-2H3,(H,17,18). The molecule has 1 saturated heterocycles. The molecule has 0 bridgehead atoms. The van der Waals surface area contributed by atoms with Gasteiger partial charge in [-0.1, -0.05) is 0 Å². The average Bonchev–Trinajstić information content (AvgIpc) is 3.12. The second kappa shape index (κ2) is 10.7. The number of nitro groups is 1. The third kappa shape index (κ3) is 6.26. The Labute approximate surface area is 153 Å². The van der Waals surface area contributed by atoms with E-state index >= 15 is 0 Å². The van der Waals surface area contributed by atoms with Crippen LogP contribution in [0.25, 0.3) is 0 Å². The van der Waals surface area contributed by atoms with Gasteiger partial charge < -0.3 is 19.7 Å². The Bertz CT molecular complexity index is 583. The van der Waals surface area contributed by atoms with E-state index in [9.17, 15) is 10.1 Å². The number of ether oxygens (including phenoxy) is 2. The number of hydrogen-bond acceptors (Lipinski definition) is 6. The normalized spacial score (nSPS) is 16.1. The minimum atomic E-state index is -0.447. The third-order valence-electron chi connectivity index (χ3n) is 4.25. The van der Waals surface area contributed by atoms with Crippen LogP contribution in [0.2, 0.25) is 0 Å². The number of nitrogens with one attached hydrogen (secondary N) is 1. The molecule has 10 heteroatoms. The van der Waals surface area contributed by atoms with E-state index < -0.39 is 4.92 Å². The van der Waals surface area contributed by atoms with Crippen LogP contribution in [0.15, 0.2) is 17.4 Å². The van der Waals surface area contributed by atoms with Crippen molar-refractivity contribution in [3.05, 3.63) is 22.5 Å². The van der Waals surface area contributed by atoms with Gasteiger partial charge in [-0.3, -0.25) is 19.8 Å². The van der Waals surface area contributed by atoms with Gasteiger partial charge in [0.05, 0.1) is 17.6 Å². The second-order valence-electron chi connectivity index (χ2n) is 6.10. The summed E-state index contributed by atoms with van der Waals surface area (Å²) in [6.07, 6.45) is 5.85. The van der Waals surface area contributed by atoms with E-state index in [4.69, 9.17) is 9.47 Å². The van der Waals surface area contributed by atoms with E-state index in [0.717, 1.165) is 51.5 Å². The molecule has 26 heavy (non-hydrogen) atoms. The molecule has 146 valence electrons. The number of likely N-dealkylation sites (tertiary alicyclic amines) is 1. The number of aliphatic imine (C=N–C) groups is 1. The first-order valence-corrected chi connectivity index (χ1v) is 8.87. The molecule has 0 aromatic carbocycles. The van der Waals surface area contributed by atoms with Crippen molar-refractivity contribution in [3.63, 3.8) is 0 Å². The van der Waals surface area contributed by atoms with Crippen LogP contribution in [-0.2, 0) is 16.0 Å². The molecule has 2 heterocycles. The number of hydrogen-bond donors (Lipinski definition) is 1. The quantitative estimate of drug-likeness (QED) is 0.227. The Balaban J connectivity index is 1.68. The SMILES string of the molecule is CN=C(NCCn1cc([N+](=O)[O-])cn1)N1CCC(OCCCOC)CC1. The smallest absolute Gasteiger partial charge is 0.306 e. The van der Waals surface area contributed by atoms with Crippen molar-refractivity contribution in [2.24, 2.45) is 4.99 Å². The summed E-state index contributed by atoms with van der Waals surface area (Å²) >= 11 is 0. The summed E-state index contributed by atoms with van der Waals surface area (Å²) in [6.45, 7) is 4.38. The van der Waals surface area contributed by atoms with Crippen LogP contribution in [0, 0.1) is 10.1 Å². The number of guanidine groups is 1. The number of methoxy groups -OCH3 is 1. The summed E-state index contributed by atoms with van der Waals surface area (Å²) in [4.78, 5) is 16.8. The molecular formula is C16H28N6O4. The van der Waals surface area contributed by atoms with E-state index in [1.807, 2.05) is 0 Å². The van der Waals surface area contributed by atoms with E-state index in [2.05, 4.69) is 20.3 Å². The Morgan fingerprint density at radius 3 is 2.85 bits per heavy atom. The van der Waals surface area contributed by atoms with Crippen molar-refractivity contribution in [3.8, 4) is 0 Å². The summed E-state index contributed by atoms with van der Waals surface area (Å²) in [7, 11) is 3.46. The maximum absolute atomic E-state index is 10.7. The highest BCUT2D eigenvalue weighted by atomic mass is 16.6.